The third-order valence-corrected chi connectivity index (χ3v) is 6.32. The number of carbonyl (C=O) groups excluding carboxylic acids is 2. The van der Waals surface area contributed by atoms with Crippen molar-refractivity contribution in [1.82, 2.24) is 4.90 Å². The number of nitrogens with zero attached hydrogens (tertiary/aromatic N) is 1. The average molecular weight is 496 g/mol. The van der Waals surface area contributed by atoms with Crippen LogP contribution in [0.25, 0.3) is 10.8 Å². The lowest BCUT2D eigenvalue weighted by Gasteiger charge is -2.20. The molecule has 6 nitrogen and oxygen atoms in total. The number of rotatable bonds is 5. The number of anilines is 2. The molecule has 0 bridgehead atoms. The van der Waals surface area contributed by atoms with Crippen LogP contribution in [-0.2, 0) is 4.79 Å². The van der Waals surface area contributed by atoms with Crippen molar-refractivity contribution in [3.63, 3.8) is 0 Å². The molecule has 1 heterocycles. The summed E-state index contributed by atoms with van der Waals surface area (Å²) in [5.41, 5.74) is 1.34. The summed E-state index contributed by atoms with van der Waals surface area (Å²) in [6.45, 7) is 1.49. The van der Waals surface area contributed by atoms with Gasteiger partial charge in [-0.15, -0.1) is 0 Å². The highest BCUT2D eigenvalue weighted by Gasteiger charge is 2.15. The maximum absolute atomic E-state index is 12.4. The fourth-order valence-electron chi connectivity index (χ4n) is 3.78. The summed E-state index contributed by atoms with van der Waals surface area (Å²) < 4.78 is 6.54. The van der Waals surface area contributed by atoms with Crippen LogP contribution in [0.5, 0.6) is 5.75 Å². The van der Waals surface area contributed by atoms with Crippen molar-refractivity contribution in [1.29, 1.82) is 0 Å². The molecule has 4 rings (SSSR count). The van der Waals surface area contributed by atoms with Crippen LogP contribution >= 0.6 is 15.9 Å². The van der Waals surface area contributed by atoms with Crippen molar-refractivity contribution in [3.8, 4) is 5.75 Å². The zero-order valence-electron chi connectivity index (χ0n) is 17.8. The summed E-state index contributed by atoms with van der Waals surface area (Å²) in [4.78, 5) is 26.6. The van der Waals surface area contributed by atoms with Crippen molar-refractivity contribution in [2.24, 2.45) is 0 Å². The molecule has 3 aromatic rings. The number of amides is 3. The first-order chi connectivity index (χ1) is 15.6. The second-order valence-electron chi connectivity index (χ2n) is 7.84. The molecule has 1 aliphatic heterocycles. The van der Waals surface area contributed by atoms with Gasteiger partial charge in [0.2, 0.25) is 0 Å². The van der Waals surface area contributed by atoms with Crippen LogP contribution < -0.4 is 15.4 Å². The van der Waals surface area contributed by atoms with Gasteiger partial charge >= 0.3 is 6.03 Å². The molecule has 0 atom stereocenters. The minimum atomic E-state index is -0.258. The Labute approximate surface area is 196 Å². The minimum absolute atomic E-state index is 0.0713. The Hall–Kier alpha value is -3.06. The van der Waals surface area contributed by atoms with Gasteiger partial charge in [0.05, 0.1) is 4.47 Å². The van der Waals surface area contributed by atoms with Gasteiger partial charge in [0, 0.05) is 24.5 Å². The van der Waals surface area contributed by atoms with E-state index < -0.39 is 0 Å². The first-order valence-corrected chi connectivity index (χ1v) is 11.7. The van der Waals surface area contributed by atoms with E-state index in [9.17, 15) is 9.59 Å². The van der Waals surface area contributed by atoms with Crippen LogP contribution in [0.3, 0.4) is 0 Å². The van der Waals surface area contributed by atoms with Gasteiger partial charge in [0.25, 0.3) is 5.91 Å². The van der Waals surface area contributed by atoms with Crippen LogP contribution in [0, 0.1) is 0 Å². The monoisotopic (exact) mass is 495 g/mol. The number of hydrogen-bond donors (Lipinski definition) is 2. The van der Waals surface area contributed by atoms with Crippen molar-refractivity contribution < 1.29 is 14.3 Å². The molecule has 1 saturated heterocycles. The van der Waals surface area contributed by atoms with Crippen molar-refractivity contribution in [2.45, 2.75) is 25.7 Å². The Morgan fingerprint density at radius 1 is 0.844 bits per heavy atom. The Kier molecular flexibility index (Phi) is 7.27. The van der Waals surface area contributed by atoms with Gasteiger partial charge in [-0.1, -0.05) is 43.2 Å². The normalized spacial score (nSPS) is 14.0. The number of urea groups is 1. The predicted octanol–water partition coefficient (Wildman–Crippen LogP) is 6.03. The van der Waals surface area contributed by atoms with Crippen LogP contribution in [0.2, 0.25) is 0 Å². The first-order valence-electron chi connectivity index (χ1n) is 10.9. The molecule has 3 aromatic carbocycles. The topological polar surface area (TPSA) is 70.7 Å². The smallest absolute Gasteiger partial charge is 0.321 e. The van der Waals surface area contributed by atoms with E-state index in [1.807, 2.05) is 41.3 Å². The summed E-state index contributed by atoms with van der Waals surface area (Å²) in [6.07, 6.45) is 4.46. The Bertz CT molecular complexity index is 1090. The number of ether oxygens (including phenoxy) is 1. The van der Waals surface area contributed by atoms with Crippen molar-refractivity contribution >= 4 is 50.0 Å². The lowest BCUT2D eigenvalue weighted by atomic mass is 10.1. The molecule has 32 heavy (non-hydrogen) atoms. The van der Waals surface area contributed by atoms with E-state index in [1.54, 1.807) is 24.3 Å². The second-order valence-corrected chi connectivity index (χ2v) is 8.64. The van der Waals surface area contributed by atoms with E-state index in [0.29, 0.717) is 17.1 Å². The van der Waals surface area contributed by atoms with E-state index >= 15 is 0 Å². The number of nitrogens with one attached hydrogen (secondary N) is 2. The standard InChI is InChI=1S/C25H26BrN3O3/c26-24-21-8-4-3-7-18(21)9-14-22(24)32-17-23(30)27-19-10-12-20(13-11-19)28-25(31)29-15-5-1-2-6-16-29/h3-4,7-14H,1-2,5-6,15-17H2,(H,27,30)(H,28,31). The SMILES string of the molecule is O=C(COc1ccc2ccccc2c1Br)Nc1ccc(NC(=O)N2CCCCCC2)cc1. The molecule has 3 amide bonds. The van der Waals surface area contributed by atoms with Crippen LogP contribution in [0.1, 0.15) is 25.7 Å². The van der Waals surface area contributed by atoms with Gasteiger partial charge in [0.15, 0.2) is 6.61 Å². The lowest BCUT2D eigenvalue weighted by molar-refractivity contribution is -0.118. The van der Waals surface area contributed by atoms with Crippen LogP contribution in [0.15, 0.2) is 65.1 Å². The summed E-state index contributed by atoms with van der Waals surface area (Å²) >= 11 is 3.56. The Morgan fingerprint density at radius 2 is 1.50 bits per heavy atom. The third-order valence-electron chi connectivity index (χ3n) is 5.50. The van der Waals surface area contributed by atoms with E-state index in [-0.39, 0.29) is 18.5 Å². The fraction of sp³-hybridized carbons (Fsp3) is 0.280. The highest BCUT2D eigenvalue weighted by Crippen LogP contribution is 2.33. The number of halogens is 1. The molecule has 0 spiro atoms. The van der Waals surface area contributed by atoms with Gasteiger partial charge < -0.3 is 20.3 Å². The second kappa shape index (κ2) is 10.5. The van der Waals surface area contributed by atoms with Gasteiger partial charge in [-0.25, -0.2) is 4.79 Å². The molecule has 1 fully saturated rings. The summed E-state index contributed by atoms with van der Waals surface area (Å²) in [5, 5.41) is 7.88. The van der Waals surface area contributed by atoms with E-state index in [4.69, 9.17) is 4.74 Å². The minimum Gasteiger partial charge on any atom is -0.483 e. The quantitative estimate of drug-likeness (QED) is 0.453. The third kappa shape index (κ3) is 5.59. The van der Waals surface area contributed by atoms with E-state index in [0.717, 1.165) is 41.2 Å². The number of hydrogen-bond acceptors (Lipinski definition) is 3. The number of benzene rings is 3. The zero-order valence-corrected chi connectivity index (χ0v) is 19.4. The van der Waals surface area contributed by atoms with E-state index in [1.165, 1.54) is 12.8 Å². The van der Waals surface area contributed by atoms with Gasteiger partial charge in [0.1, 0.15) is 5.75 Å². The summed E-state index contributed by atoms with van der Waals surface area (Å²) in [7, 11) is 0. The Morgan fingerprint density at radius 3 is 2.22 bits per heavy atom. The van der Waals surface area contributed by atoms with Crippen molar-refractivity contribution in [2.75, 3.05) is 30.3 Å². The molecule has 0 aromatic heterocycles. The maximum atomic E-state index is 12.4. The average Bonchev–Trinajstić information content (AvgIpc) is 3.10. The molecule has 0 radical (unpaired) electrons. The van der Waals surface area contributed by atoms with E-state index in [2.05, 4.69) is 26.6 Å². The highest BCUT2D eigenvalue weighted by atomic mass is 79.9. The summed E-state index contributed by atoms with van der Waals surface area (Å²) in [5.74, 6) is 0.358. The van der Waals surface area contributed by atoms with Crippen LogP contribution in [-0.4, -0.2) is 36.5 Å². The van der Waals surface area contributed by atoms with Crippen molar-refractivity contribution in [3.05, 3.63) is 65.1 Å². The first kappa shape index (κ1) is 22.1. The molecule has 0 aliphatic carbocycles. The molecule has 0 unspecified atom stereocenters. The largest absolute Gasteiger partial charge is 0.483 e. The predicted molar refractivity (Wildman–Crippen MR) is 131 cm³/mol. The molecule has 1 aliphatic rings. The number of fused-ring (bicyclic) bond motifs is 1. The maximum Gasteiger partial charge on any atom is 0.321 e. The fourth-order valence-corrected chi connectivity index (χ4v) is 4.39. The number of carbonyl (C=O) groups is 2. The molecule has 0 saturated carbocycles. The molecule has 7 heteroatoms. The highest BCUT2D eigenvalue weighted by molar-refractivity contribution is 9.10. The van der Waals surface area contributed by atoms with Crippen LogP contribution in [0.4, 0.5) is 16.2 Å². The number of likely N-dealkylation sites (tertiary alicyclic amines) is 1. The lowest BCUT2D eigenvalue weighted by Crippen LogP contribution is -2.35. The molecular formula is C25H26BrN3O3. The van der Waals surface area contributed by atoms with Gasteiger partial charge in [-0.05, 0) is 69.9 Å². The van der Waals surface area contributed by atoms with Gasteiger partial charge in [-0.2, -0.15) is 0 Å². The zero-order chi connectivity index (χ0) is 22.3. The molecule has 166 valence electrons. The molecule has 2 N–H and O–H groups in total. The van der Waals surface area contributed by atoms with Gasteiger partial charge in [-0.3, -0.25) is 4.79 Å². The summed E-state index contributed by atoms with van der Waals surface area (Å²) in [6, 6.07) is 18.8. The molecular weight excluding hydrogens is 470 g/mol. The Balaban J connectivity index is 1.29.